The molecule has 7 heteroatoms. The molecule has 0 aliphatic carbocycles. The van der Waals surface area contributed by atoms with E-state index in [9.17, 15) is 9.59 Å². The summed E-state index contributed by atoms with van der Waals surface area (Å²) in [6.45, 7) is 3.83. The standard InChI is InChI=1S/C29H26IN3O3/c1-19(28(34)31-22-13-11-21(30)12-14-22)36-29(35)27-23-9-5-6-10-25(23)32-26-15-16-33(18-24(26)27)17-20-7-3-2-4-8-20/h2-14,19H,15-18H2,1H3,(H,31,34). The van der Waals surface area contributed by atoms with Gasteiger partial charge in [0, 0.05) is 52.0 Å². The monoisotopic (exact) mass is 591 g/mol. The molecule has 0 radical (unpaired) electrons. The van der Waals surface area contributed by atoms with Gasteiger partial charge < -0.3 is 10.1 Å². The van der Waals surface area contributed by atoms with Crippen molar-refractivity contribution in [1.82, 2.24) is 9.88 Å². The molecule has 1 amide bonds. The van der Waals surface area contributed by atoms with Crippen LogP contribution in [-0.2, 0) is 29.0 Å². The molecule has 36 heavy (non-hydrogen) atoms. The Bertz CT molecular complexity index is 1410. The highest BCUT2D eigenvalue weighted by Crippen LogP contribution is 2.30. The minimum atomic E-state index is -0.955. The lowest BCUT2D eigenvalue weighted by molar-refractivity contribution is -0.123. The zero-order valence-electron chi connectivity index (χ0n) is 19.9. The summed E-state index contributed by atoms with van der Waals surface area (Å²) in [4.78, 5) is 33.5. The highest BCUT2D eigenvalue weighted by Gasteiger charge is 2.28. The Hall–Kier alpha value is -3.30. The molecule has 1 aliphatic heterocycles. The largest absolute Gasteiger partial charge is 0.449 e. The molecule has 3 aromatic carbocycles. The molecule has 1 aliphatic rings. The van der Waals surface area contributed by atoms with Crippen LogP contribution in [0.5, 0.6) is 0 Å². The number of benzene rings is 3. The Balaban J connectivity index is 1.40. The number of nitrogens with zero attached hydrogens (tertiary/aromatic N) is 2. The number of pyridine rings is 1. The molecule has 182 valence electrons. The second-order valence-corrected chi connectivity index (χ2v) is 10.2. The fraction of sp³-hybridized carbons (Fsp3) is 0.207. The van der Waals surface area contributed by atoms with Crippen molar-refractivity contribution in [2.24, 2.45) is 0 Å². The van der Waals surface area contributed by atoms with E-state index in [4.69, 9.17) is 9.72 Å². The average Bonchev–Trinajstić information content (AvgIpc) is 2.89. The zero-order chi connectivity index (χ0) is 25.1. The first-order chi connectivity index (χ1) is 17.5. The molecular weight excluding hydrogens is 565 g/mol. The third-order valence-corrected chi connectivity index (χ3v) is 7.06. The molecule has 0 fully saturated rings. The van der Waals surface area contributed by atoms with Gasteiger partial charge in [0.05, 0.1) is 11.1 Å². The molecule has 1 aromatic heterocycles. The smallest absolute Gasteiger partial charge is 0.339 e. The number of hydrogen-bond donors (Lipinski definition) is 1. The zero-order valence-corrected chi connectivity index (χ0v) is 22.1. The third-order valence-electron chi connectivity index (χ3n) is 6.34. The van der Waals surface area contributed by atoms with Gasteiger partial charge in [0.25, 0.3) is 5.91 Å². The second-order valence-electron chi connectivity index (χ2n) is 8.92. The van der Waals surface area contributed by atoms with Crippen LogP contribution in [0.25, 0.3) is 10.9 Å². The Morgan fingerprint density at radius 1 is 1.03 bits per heavy atom. The molecule has 0 saturated carbocycles. The summed E-state index contributed by atoms with van der Waals surface area (Å²) in [6.07, 6.45) is -0.209. The maximum atomic E-state index is 13.6. The Labute approximate surface area is 223 Å². The van der Waals surface area contributed by atoms with E-state index < -0.39 is 12.1 Å². The van der Waals surface area contributed by atoms with Gasteiger partial charge in [0.2, 0.25) is 0 Å². The number of amides is 1. The van der Waals surface area contributed by atoms with E-state index in [0.29, 0.717) is 17.8 Å². The first-order valence-electron chi connectivity index (χ1n) is 11.9. The van der Waals surface area contributed by atoms with Crippen LogP contribution in [0.4, 0.5) is 5.69 Å². The van der Waals surface area contributed by atoms with Gasteiger partial charge in [-0.15, -0.1) is 0 Å². The predicted octanol–water partition coefficient (Wildman–Crippen LogP) is 5.58. The number of halogens is 1. The number of esters is 1. The summed E-state index contributed by atoms with van der Waals surface area (Å²) in [5.74, 6) is -0.876. The van der Waals surface area contributed by atoms with E-state index in [1.807, 2.05) is 66.7 Å². The quantitative estimate of drug-likeness (QED) is 0.234. The fourth-order valence-corrected chi connectivity index (χ4v) is 4.87. The fourth-order valence-electron chi connectivity index (χ4n) is 4.51. The summed E-state index contributed by atoms with van der Waals surface area (Å²) >= 11 is 2.21. The maximum absolute atomic E-state index is 13.6. The second kappa shape index (κ2) is 10.8. The van der Waals surface area contributed by atoms with Crippen molar-refractivity contribution in [2.75, 3.05) is 11.9 Å². The van der Waals surface area contributed by atoms with Crippen LogP contribution in [-0.4, -0.2) is 34.4 Å². The average molecular weight is 591 g/mol. The summed E-state index contributed by atoms with van der Waals surface area (Å²) < 4.78 is 6.79. The van der Waals surface area contributed by atoms with Gasteiger partial charge in [-0.05, 0) is 65.4 Å². The Kier molecular flexibility index (Phi) is 7.29. The van der Waals surface area contributed by atoms with Gasteiger partial charge in [0.1, 0.15) is 0 Å². The van der Waals surface area contributed by atoms with Crippen LogP contribution in [0.3, 0.4) is 0 Å². The number of ether oxygens (including phenoxy) is 1. The number of carbonyl (C=O) groups is 2. The van der Waals surface area contributed by atoms with Crippen molar-refractivity contribution in [2.45, 2.75) is 32.5 Å². The van der Waals surface area contributed by atoms with Crippen LogP contribution >= 0.6 is 22.6 Å². The maximum Gasteiger partial charge on any atom is 0.339 e. The Morgan fingerprint density at radius 2 is 1.75 bits per heavy atom. The van der Waals surface area contributed by atoms with E-state index in [1.54, 1.807) is 6.92 Å². The van der Waals surface area contributed by atoms with Crippen molar-refractivity contribution in [3.05, 3.63) is 105 Å². The van der Waals surface area contributed by atoms with Gasteiger partial charge in [0.15, 0.2) is 6.10 Å². The first kappa shape index (κ1) is 24.4. The summed E-state index contributed by atoms with van der Waals surface area (Å²) in [5.41, 5.74) is 4.94. The van der Waals surface area contributed by atoms with Crippen LogP contribution in [0, 0.1) is 3.57 Å². The topological polar surface area (TPSA) is 71.5 Å². The van der Waals surface area contributed by atoms with Crippen molar-refractivity contribution >= 4 is 51.1 Å². The summed E-state index contributed by atoms with van der Waals surface area (Å²) in [7, 11) is 0. The number of hydrogen-bond acceptors (Lipinski definition) is 5. The minimum absolute atomic E-state index is 0.373. The van der Waals surface area contributed by atoms with Crippen molar-refractivity contribution in [3.8, 4) is 0 Å². The molecule has 0 spiro atoms. The number of fused-ring (bicyclic) bond motifs is 2. The summed E-state index contributed by atoms with van der Waals surface area (Å²) in [6, 6.07) is 25.4. The number of carbonyl (C=O) groups excluding carboxylic acids is 2. The molecule has 2 heterocycles. The normalized spacial score (nSPS) is 14.2. The number of nitrogens with one attached hydrogen (secondary N) is 1. The molecule has 1 N–H and O–H groups in total. The number of aromatic nitrogens is 1. The van der Waals surface area contributed by atoms with E-state index in [1.165, 1.54) is 5.56 Å². The van der Waals surface area contributed by atoms with Crippen LogP contribution < -0.4 is 5.32 Å². The van der Waals surface area contributed by atoms with Crippen LogP contribution in [0.1, 0.15) is 34.1 Å². The molecular formula is C29H26IN3O3. The van der Waals surface area contributed by atoms with Crippen molar-refractivity contribution < 1.29 is 14.3 Å². The molecule has 1 atom stereocenters. The van der Waals surface area contributed by atoms with Gasteiger partial charge in [-0.25, -0.2) is 4.79 Å². The van der Waals surface area contributed by atoms with E-state index in [2.05, 4.69) is 44.9 Å². The van der Waals surface area contributed by atoms with Gasteiger partial charge in [-0.3, -0.25) is 14.7 Å². The van der Waals surface area contributed by atoms with Crippen molar-refractivity contribution in [1.29, 1.82) is 0 Å². The molecule has 4 aromatic rings. The molecule has 0 bridgehead atoms. The summed E-state index contributed by atoms with van der Waals surface area (Å²) in [5, 5.41) is 3.56. The Morgan fingerprint density at radius 3 is 2.53 bits per heavy atom. The molecule has 1 unspecified atom stereocenters. The highest BCUT2D eigenvalue weighted by atomic mass is 127. The number of anilines is 1. The lowest BCUT2D eigenvalue weighted by Crippen LogP contribution is -2.34. The van der Waals surface area contributed by atoms with Crippen LogP contribution in [0.2, 0.25) is 0 Å². The highest BCUT2D eigenvalue weighted by molar-refractivity contribution is 14.1. The SMILES string of the molecule is CC(OC(=O)c1c2c(nc3ccccc13)CCN(Cc1ccccc1)C2)C(=O)Nc1ccc(I)cc1. The number of para-hydroxylation sites is 1. The predicted molar refractivity (Wildman–Crippen MR) is 149 cm³/mol. The van der Waals surface area contributed by atoms with Gasteiger partial charge >= 0.3 is 5.97 Å². The minimum Gasteiger partial charge on any atom is -0.449 e. The van der Waals surface area contributed by atoms with E-state index in [-0.39, 0.29) is 5.91 Å². The van der Waals surface area contributed by atoms with Gasteiger partial charge in [-0.2, -0.15) is 0 Å². The lowest BCUT2D eigenvalue weighted by Gasteiger charge is -2.30. The van der Waals surface area contributed by atoms with E-state index in [0.717, 1.165) is 45.2 Å². The molecule has 0 saturated heterocycles. The molecule has 5 rings (SSSR count). The van der Waals surface area contributed by atoms with E-state index >= 15 is 0 Å². The van der Waals surface area contributed by atoms with Crippen molar-refractivity contribution in [3.63, 3.8) is 0 Å². The molecule has 6 nitrogen and oxygen atoms in total. The van der Waals surface area contributed by atoms with Gasteiger partial charge in [-0.1, -0.05) is 48.5 Å². The lowest BCUT2D eigenvalue weighted by atomic mass is 9.95. The first-order valence-corrected chi connectivity index (χ1v) is 13.0. The van der Waals surface area contributed by atoms with Crippen LogP contribution in [0.15, 0.2) is 78.9 Å². The third kappa shape index (κ3) is 5.42. The number of rotatable bonds is 6.